The second-order valence-electron chi connectivity index (χ2n) is 10.0. The van der Waals surface area contributed by atoms with Crippen molar-refractivity contribution in [1.29, 1.82) is 0 Å². The molecular formula is C27H27ClN2O3S. The molecule has 3 fully saturated rings. The number of carbonyl (C=O) groups is 2. The van der Waals surface area contributed by atoms with Gasteiger partial charge in [0.05, 0.1) is 28.6 Å². The predicted octanol–water partition coefficient (Wildman–Crippen LogP) is 6.39. The number of benzene rings is 1. The number of hydrogen-bond donors (Lipinski definition) is 0. The quantitative estimate of drug-likeness (QED) is 0.386. The maximum absolute atomic E-state index is 12.5. The molecule has 2 unspecified atom stereocenters. The zero-order valence-electron chi connectivity index (χ0n) is 19.3. The van der Waals surface area contributed by atoms with Crippen molar-refractivity contribution >= 4 is 45.0 Å². The normalized spacial score (nSPS) is 26.3. The van der Waals surface area contributed by atoms with Crippen LogP contribution in [0, 0.1) is 24.7 Å². The monoisotopic (exact) mass is 494 g/mol. The minimum atomic E-state index is -0.0770. The fourth-order valence-electron chi connectivity index (χ4n) is 5.53. The second-order valence-corrected chi connectivity index (χ2v) is 11.6. The molecule has 3 heterocycles. The van der Waals surface area contributed by atoms with Crippen molar-refractivity contribution in [1.82, 2.24) is 9.88 Å². The van der Waals surface area contributed by atoms with E-state index in [2.05, 4.69) is 11.9 Å². The number of ether oxygens (including phenoxy) is 1. The summed E-state index contributed by atoms with van der Waals surface area (Å²) in [6, 6.07) is 7.94. The lowest BCUT2D eigenvalue weighted by molar-refractivity contribution is -0.141. The molecule has 0 radical (unpaired) electrons. The molecule has 0 spiro atoms. The van der Waals surface area contributed by atoms with E-state index in [-0.39, 0.29) is 29.8 Å². The first-order valence-electron chi connectivity index (χ1n) is 12.1. The number of hydrogen-bond acceptors (Lipinski definition) is 5. The summed E-state index contributed by atoms with van der Waals surface area (Å²) in [6.07, 6.45) is 7.44. The largest absolute Gasteiger partial charge is 0.489 e. The van der Waals surface area contributed by atoms with Gasteiger partial charge >= 0.3 is 0 Å². The molecular weight excluding hydrogens is 468 g/mol. The molecule has 1 saturated heterocycles. The molecule has 1 aromatic carbocycles. The number of amides is 2. The van der Waals surface area contributed by atoms with E-state index in [0.717, 1.165) is 50.4 Å². The number of fused-ring (bicyclic) bond motifs is 2. The van der Waals surface area contributed by atoms with Gasteiger partial charge in [-0.25, -0.2) is 0 Å². The Hall–Kier alpha value is -2.44. The Labute approximate surface area is 208 Å². The van der Waals surface area contributed by atoms with Gasteiger partial charge in [-0.05, 0) is 68.4 Å². The Morgan fingerprint density at radius 2 is 1.88 bits per heavy atom. The van der Waals surface area contributed by atoms with Gasteiger partial charge in [-0.1, -0.05) is 24.9 Å². The zero-order valence-corrected chi connectivity index (χ0v) is 20.9. The van der Waals surface area contributed by atoms with Gasteiger partial charge in [0.1, 0.15) is 11.9 Å². The lowest BCUT2D eigenvalue weighted by Crippen LogP contribution is -2.31. The number of imide groups is 1. The summed E-state index contributed by atoms with van der Waals surface area (Å²) in [5.41, 5.74) is 3.87. The van der Waals surface area contributed by atoms with Crippen LogP contribution in [0.2, 0.25) is 5.02 Å². The van der Waals surface area contributed by atoms with E-state index >= 15 is 0 Å². The van der Waals surface area contributed by atoms with Crippen molar-refractivity contribution in [3.8, 4) is 16.9 Å². The molecule has 0 N–H and O–H groups in total. The zero-order chi connectivity index (χ0) is 23.6. The molecule has 2 amide bonds. The number of nitrogens with zero attached hydrogens (tertiary/aromatic N) is 2. The summed E-state index contributed by atoms with van der Waals surface area (Å²) in [7, 11) is 0. The van der Waals surface area contributed by atoms with Gasteiger partial charge in [0.2, 0.25) is 11.8 Å². The highest BCUT2D eigenvalue weighted by atomic mass is 35.5. The molecule has 0 bridgehead atoms. The highest BCUT2D eigenvalue weighted by Crippen LogP contribution is 2.48. The van der Waals surface area contributed by atoms with Gasteiger partial charge in [0, 0.05) is 27.2 Å². The molecule has 5 nitrogen and oxygen atoms in total. The van der Waals surface area contributed by atoms with Gasteiger partial charge in [-0.3, -0.25) is 19.5 Å². The minimum absolute atomic E-state index is 0.0246. The van der Waals surface area contributed by atoms with Crippen molar-refractivity contribution in [2.45, 2.75) is 58.6 Å². The van der Waals surface area contributed by atoms with Crippen molar-refractivity contribution in [2.24, 2.45) is 17.8 Å². The molecule has 6 rings (SSSR count). The summed E-state index contributed by atoms with van der Waals surface area (Å²) in [5, 5.41) is 0.672. The van der Waals surface area contributed by atoms with E-state index in [1.54, 1.807) is 17.5 Å². The van der Waals surface area contributed by atoms with E-state index < -0.39 is 0 Å². The van der Waals surface area contributed by atoms with Crippen LogP contribution in [0.3, 0.4) is 0 Å². The number of rotatable bonds is 5. The van der Waals surface area contributed by atoms with Crippen LogP contribution < -0.4 is 4.74 Å². The standard InChI is InChI=1S/C27H27ClN2O3S/c1-14-5-3-4-6-23(14)33-24-15(2)9-16(28)10-19(24)18-7-8-29-22-11-17(34-25(18)22)13-30-26(31)20-12-21(20)27(30)32/h7-11,14,20-21,23H,3-6,12-13H2,1-2H3/t14-,20?,21?,23+/m0/s1. The SMILES string of the molecule is Cc1cc(Cl)cc(-c2ccnc3cc(CN4C(=O)C5CC5C4=O)sc23)c1O[C@@H]1CCCC[C@@H]1C. The average Bonchev–Trinajstić information content (AvgIpc) is 3.45. The molecule has 2 aliphatic carbocycles. The maximum Gasteiger partial charge on any atom is 0.233 e. The summed E-state index contributed by atoms with van der Waals surface area (Å²) >= 11 is 8.10. The second kappa shape index (κ2) is 8.35. The third-order valence-electron chi connectivity index (χ3n) is 7.57. The number of aromatic nitrogens is 1. The summed E-state index contributed by atoms with van der Waals surface area (Å²) in [6.45, 7) is 4.64. The maximum atomic E-state index is 12.5. The van der Waals surface area contributed by atoms with Crippen molar-refractivity contribution in [2.75, 3.05) is 0 Å². The van der Waals surface area contributed by atoms with Gasteiger partial charge in [0.25, 0.3) is 0 Å². The molecule has 176 valence electrons. The first kappa shape index (κ1) is 22.1. The number of thiophene rings is 1. The third-order valence-corrected chi connectivity index (χ3v) is 8.93. The Kier molecular flexibility index (Phi) is 5.41. The Morgan fingerprint density at radius 3 is 2.65 bits per heavy atom. The van der Waals surface area contributed by atoms with Crippen LogP contribution in [0.1, 0.15) is 49.5 Å². The lowest BCUT2D eigenvalue weighted by Gasteiger charge is -2.31. The average molecular weight is 495 g/mol. The Morgan fingerprint density at radius 1 is 1.12 bits per heavy atom. The third kappa shape index (κ3) is 3.72. The molecule has 4 atom stereocenters. The Bertz CT molecular complexity index is 1300. The first-order chi connectivity index (χ1) is 16.4. The molecule has 1 aliphatic heterocycles. The minimum Gasteiger partial charge on any atom is -0.489 e. The molecule has 3 aliphatic rings. The van der Waals surface area contributed by atoms with Crippen LogP contribution in [0.25, 0.3) is 21.3 Å². The van der Waals surface area contributed by atoms with Crippen LogP contribution in [-0.2, 0) is 16.1 Å². The van der Waals surface area contributed by atoms with E-state index in [4.69, 9.17) is 16.3 Å². The van der Waals surface area contributed by atoms with E-state index in [1.165, 1.54) is 24.2 Å². The fraction of sp³-hybridized carbons (Fsp3) is 0.444. The van der Waals surface area contributed by atoms with Crippen LogP contribution in [-0.4, -0.2) is 27.8 Å². The molecule has 7 heteroatoms. The van der Waals surface area contributed by atoms with Crippen LogP contribution in [0.15, 0.2) is 30.5 Å². The summed E-state index contributed by atoms with van der Waals surface area (Å²) < 4.78 is 7.69. The number of piperidine rings is 1. The van der Waals surface area contributed by atoms with Crippen molar-refractivity contribution in [3.05, 3.63) is 45.9 Å². The lowest BCUT2D eigenvalue weighted by atomic mass is 9.88. The van der Waals surface area contributed by atoms with Crippen LogP contribution >= 0.6 is 22.9 Å². The number of aryl methyl sites for hydroxylation is 1. The fourth-order valence-corrected chi connectivity index (χ4v) is 6.94. The van der Waals surface area contributed by atoms with Gasteiger partial charge < -0.3 is 4.74 Å². The number of likely N-dealkylation sites (tertiary alicyclic amines) is 1. The Balaban J connectivity index is 1.38. The first-order valence-corrected chi connectivity index (χ1v) is 13.3. The van der Waals surface area contributed by atoms with E-state index in [9.17, 15) is 9.59 Å². The number of pyridine rings is 1. The van der Waals surface area contributed by atoms with E-state index in [1.807, 2.05) is 31.2 Å². The van der Waals surface area contributed by atoms with Crippen LogP contribution in [0.5, 0.6) is 5.75 Å². The molecule has 34 heavy (non-hydrogen) atoms. The molecule has 2 saturated carbocycles. The predicted molar refractivity (Wildman–Crippen MR) is 134 cm³/mol. The van der Waals surface area contributed by atoms with Crippen molar-refractivity contribution in [3.63, 3.8) is 0 Å². The van der Waals surface area contributed by atoms with E-state index in [0.29, 0.717) is 17.5 Å². The summed E-state index contributed by atoms with van der Waals surface area (Å²) in [5.74, 6) is 1.20. The highest BCUT2D eigenvalue weighted by Gasteiger charge is 2.58. The van der Waals surface area contributed by atoms with Gasteiger partial charge in [-0.15, -0.1) is 11.3 Å². The highest BCUT2D eigenvalue weighted by molar-refractivity contribution is 7.19. The van der Waals surface area contributed by atoms with Gasteiger partial charge in [-0.2, -0.15) is 0 Å². The van der Waals surface area contributed by atoms with Gasteiger partial charge in [0.15, 0.2) is 0 Å². The smallest absolute Gasteiger partial charge is 0.233 e. The topological polar surface area (TPSA) is 59.5 Å². The van der Waals surface area contributed by atoms with Crippen molar-refractivity contribution < 1.29 is 14.3 Å². The molecule has 3 aromatic rings. The molecule has 2 aromatic heterocycles. The number of carbonyl (C=O) groups excluding carboxylic acids is 2. The van der Waals surface area contributed by atoms with Crippen LogP contribution in [0.4, 0.5) is 0 Å². The number of halogens is 1. The summed E-state index contributed by atoms with van der Waals surface area (Å²) in [4.78, 5) is 31.9.